The van der Waals surface area contributed by atoms with Crippen LogP contribution in [0.2, 0.25) is 0 Å². The second-order valence-corrected chi connectivity index (χ2v) is 5.78. The Bertz CT molecular complexity index is 818. The molecule has 0 bridgehead atoms. The summed E-state index contributed by atoms with van der Waals surface area (Å²) in [5.41, 5.74) is 1.70. The molecule has 2 heterocycles. The topological polar surface area (TPSA) is 52.5 Å². The first-order valence-electron chi connectivity index (χ1n) is 6.69. The first kappa shape index (κ1) is 13.9. The van der Waals surface area contributed by atoms with E-state index in [2.05, 4.69) is 0 Å². The van der Waals surface area contributed by atoms with Gasteiger partial charge in [-0.15, -0.1) is 0 Å². The fraction of sp³-hybridized carbons (Fsp3) is 0.333. The third-order valence-electron chi connectivity index (χ3n) is 3.32. The number of benzene rings is 1. The van der Waals surface area contributed by atoms with Crippen molar-refractivity contribution in [1.82, 2.24) is 0 Å². The highest BCUT2D eigenvalue weighted by atomic mass is 32.1. The van der Waals surface area contributed by atoms with E-state index in [1.54, 1.807) is 14.0 Å². The summed E-state index contributed by atoms with van der Waals surface area (Å²) in [6.45, 7) is 4.33. The van der Waals surface area contributed by atoms with Crippen LogP contribution in [0.15, 0.2) is 22.6 Å². The van der Waals surface area contributed by atoms with Gasteiger partial charge >= 0.3 is 5.97 Å². The summed E-state index contributed by atoms with van der Waals surface area (Å²) in [5.74, 6) is 0.513. The Morgan fingerprint density at radius 3 is 2.95 bits per heavy atom. The van der Waals surface area contributed by atoms with Crippen LogP contribution in [-0.2, 0) is 16.1 Å². The number of fused-ring (bicyclic) bond motifs is 3. The van der Waals surface area contributed by atoms with Crippen molar-refractivity contribution in [2.24, 2.45) is 0 Å². The van der Waals surface area contributed by atoms with Crippen LogP contribution in [0.3, 0.4) is 0 Å². The summed E-state index contributed by atoms with van der Waals surface area (Å²) < 4.78 is 18.1. The highest BCUT2D eigenvalue weighted by molar-refractivity contribution is 7.17. The minimum absolute atomic E-state index is 0.186. The fourth-order valence-corrected chi connectivity index (χ4v) is 3.35. The minimum Gasteiger partial charge on any atom is -0.497 e. The van der Waals surface area contributed by atoms with Crippen molar-refractivity contribution < 1.29 is 23.3 Å². The molecule has 0 spiro atoms. The number of hydrogen-bond acceptors (Lipinski definition) is 5. The summed E-state index contributed by atoms with van der Waals surface area (Å²) in [7, 11) is 1.63. The number of carbonyl (C=O) groups excluding carboxylic acids is 1. The van der Waals surface area contributed by atoms with Crippen LogP contribution in [0.5, 0.6) is 5.75 Å². The summed E-state index contributed by atoms with van der Waals surface area (Å²) in [6, 6.07) is 5.66. The van der Waals surface area contributed by atoms with Gasteiger partial charge in [-0.2, -0.15) is 4.57 Å². The Morgan fingerprint density at radius 2 is 2.24 bits per heavy atom. The van der Waals surface area contributed by atoms with Gasteiger partial charge in [-0.05, 0) is 36.5 Å². The van der Waals surface area contributed by atoms with Gasteiger partial charge in [0.1, 0.15) is 11.3 Å². The number of hydrogen-bond donors (Lipinski definition) is 0. The molecular weight excluding hydrogens is 290 g/mol. The smallest absolute Gasteiger partial charge is 0.372 e. The third kappa shape index (κ3) is 2.35. The zero-order chi connectivity index (χ0) is 15.0. The fourth-order valence-electron chi connectivity index (χ4n) is 2.37. The molecule has 6 heteroatoms. The number of aryl methyl sites for hydroxylation is 1. The van der Waals surface area contributed by atoms with Crippen molar-refractivity contribution in [2.75, 3.05) is 13.7 Å². The van der Waals surface area contributed by atoms with Gasteiger partial charge in [0.05, 0.1) is 19.1 Å². The van der Waals surface area contributed by atoms with Crippen molar-refractivity contribution >= 4 is 38.7 Å². The van der Waals surface area contributed by atoms with Crippen molar-refractivity contribution in [3.8, 4) is 5.75 Å². The normalized spacial score (nSPS) is 11.2. The number of nitrogens with zero attached hydrogens (tertiary/aromatic N) is 1. The zero-order valence-corrected chi connectivity index (χ0v) is 13.0. The number of aromatic nitrogens is 1. The lowest BCUT2D eigenvalue weighted by atomic mass is 10.2. The van der Waals surface area contributed by atoms with Crippen molar-refractivity contribution in [2.45, 2.75) is 20.4 Å². The third-order valence-corrected chi connectivity index (χ3v) is 4.30. The van der Waals surface area contributed by atoms with Gasteiger partial charge in [0, 0.05) is 6.92 Å². The van der Waals surface area contributed by atoms with E-state index in [1.165, 1.54) is 11.3 Å². The summed E-state index contributed by atoms with van der Waals surface area (Å²) >= 11 is 1.53. The molecule has 0 fully saturated rings. The van der Waals surface area contributed by atoms with Gasteiger partial charge < -0.3 is 13.9 Å². The lowest BCUT2D eigenvalue weighted by Crippen LogP contribution is -2.39. The average Bonchev–Trinajstić information content (AvgIpc) is 2.95. The SMILES string of the molecule is CCOC(=O)C[n+]1c(C)sc2oc3ccc(OC)cc3c21. The van der Waals surface area contributed by atoms with Crippen LogP contribution >= 0.6 is 11.3 Å². The van der Waals surface area contributed by atoms with E-state index in [0.29, 0.717) is 6.61 Å². The molecule has 0 saturated heterocycles. The molecule has 0 saturated carbocycles. The molecule has 0 aliphatic heterocycles. The zero-order valence-electron chi connectivity index (χ0n) is 12.1. The lowest BCUT2D eigenvalue weighted by Gasteiger charge is -1.99. The van der Waals surface area contributed by atoms with Crippen molar-refractivity contribution in [3.63, 3.8) is 0 Å². The monoisotopic (exact) mass is 306 g/mol. The van der Waals surface area contributed by atoms with Crippen LogP contribution < -0.4 is 9.30 Å². The summed E-state index contributed by atoms with van der Waals surface area (Å²) in [5, 5.41) is 1.94. The van der Waals surface area contributed by atoms with Crippen molar-refractivity contribution in [3.05, 3.63) is 23.2 Å². The molecule has 0 N–H and O–H groups in total. The first-order valence-corrected chi connectivity index (χ1v) is 7.50. The number of ether oxygens (including phenoxy) is 2. The van der Waals surface area contributed by atoms with E-state index in [9.17, 15) is 4.79 Å². The Kier molecular flexibility index (Phi) is 3.55. The van der Waals surface area contributed by atoms with E-state index in [1.807, 2.05) is 29.7 Å². The number of methoxy groups -OCH3 is 1. The molecule has 0 aliphatic carbocycles. The van der Waals surface area contributed by atoms with Crippen LogP contribution in [0, 0.1) is 6.92 Å². The maximum absolute atomic E-state index is 11.8. The van der Waals surface area contributed by atoms with Gasteiger partial charge in [0.25, 0.3) is 10.4 Å². The second-order valence-electron chi connectivity index (χ2n) is 4.61. The predicted molar refractivity (Wildman–Crippen MR) is 79.7 cm³/mol. The standard InChI is InChI=1S/C15H16NO4S/c1-4-19-13(17)8-16-9(2)21-15-14(16)11-7-10(18-3)5-6-12(11)20-15/h5-7H,4,8H2,1-3H3/q+1. The van der Waals surface area contributed by atoms with Crippen LogP contribution in [0.4, 0.5) is 0 Å². The first-order chi connectivity index (χ1) is 10.1. The van der Waals surface area contributed by atoms with E-state index in [-0.39, 0.29) is 12.5 Å². The molecule has 21 heavy (non-hydrogen) atoms. The molecule has 5 nitrogen and oxygen atoms in total. The average molecular weight is 306 g/mol. The highest BCUT2D eigenvalue weighted by Crippen LogP contribution is 2.33. The van der Waals surface area contributed by atoms with Crippen molar-refractivity contribution in [1.29, 1.82) is 0 Å². The number of furan rings is 1. The van der Waals surface area contributed by atoms with E-state index in [0.717, 1.165) is 32.1 Å². The Balaban J connectivity index is 2.17. The molecule has 1 aromatic carbocycles. The van der Waals surface area contributed by atoms with Gasteiger partial charge in [-0.1, -0.05) is 0 Å². The largest absolute Gasteiger partial charge is 0.497 e. The summed E-state index contributed by atoms with van der Waals surface area (Å²) in [6.07, 6.45) is 0. The Morgan fingerprint density at radius 1 is 1.43 bits per heavy atom. The van der Waals surface area contributed by atoms with Gasteiger partial charge in [0.2, 0.25) is 11.6 Å². The second kappa shape index (κ2) is 5.37. The Hall–Kier alpha value is -2.08. The molecule has 2 aromatic heterocycles. The van der Waals surface area contributed by atoms with E-state index < -0.39 is 0 Å². The maximum atomic E-state index is 11.8. The molecule has 3 aromatic rings. The van der Waals surface area contributed by atoms with Gasteiger partial charge in [-0.3, -0.25) is 0 Å². The van der Waals surface area contributed by atoms with Gasteiger partial charge in [0.15, 0.2) is 0 Å². The minimum atomic E-state index is -0.248. The predicted octanol–water partition coefficient (Wildman–Crippen LogP) is 2.82. The quantitative estimate of drug-likeness (QED) is 0.549. The number of thiazole rings is 1. The molecule has 0 radical (unpaired) electrons. The molecule has 0 aliphatic rings. The van der Waals surface area contributed by atoms with Crippen LogP contribution in [-0.4, -0.2) is 19.7 Å². The van der Waals surface area contributed by atoms with E-state index in [4.69, 9.17) is 13.9 Å². The number of carbonyl (C=O) groups is 1. The van der Waals surface area contributed by atoms with Gasteiger partial charge in [-0.25, -0.2) is 4.79 Å². The molecule has 0 atom stereocenters. The van der Waals surface area contributed by atoms with E-state index >= 15 is 0 Å². The van der Waals surface area contributed by atoms with Crippen LogP contribution in [0.25, 0.3) is 21.4 Å². The molecule has 110 valence electrons. The molecule has 0 amide bonds. The molecule has 0 unspecified atom stereocenters. The molecule has 3 rings (SSSR count). The maximum Gasteiger partial charge on any atom is 0.372 e. The number of esters is 1. The molecular formula is C15H16NO4S+. The van der Waals surface area contributed by atoms with Crippen LogP contribution in [0.1, 0.15) is 11.9 Å². The Labute approximate surface area is 125 Å². The number of rotatable bonds is 4. The highest BCUT2D eigenvalue weighted by Gasteiger charge is 2.27. The summed E-state index contributed by atoms with van der Waals surface area (Å²) in [4.78, 5) is 12.6. The lowest BCUT2D eigenvalue weighted by molar-refractivity contribution is -0.661.